The van der Waals surface area contributed by atoms with Crippen molar-refractivity contribution < 1.29 is 0 Å². The number of hydrogen-bond acceptors (Lipinski definition) is 2. The first-order valence-corrected chi connectivity index (χ1v) is 7.45. The summed E-state index contributed by atoms with van der Waals surface area (Å²) >= 11 is 0. The molecule has 1 rings (SSSR count). The highest BCUT2D eigenvalue weighted by Crippen LogP contribution is 2.21. The Morgan fingerprint density at radius 2 is 1.74 bits per heavy atom. The van der Waals surface area contributed by atoms with Crippen LogP contribution in [0.2, 0.25) is 0 Å². The fourth-order valence-corrected chi connectivity index (χ4v) is 2.74. The lowest BCUT2D eigenvalue weighted by Crippen LogP contribution is -2.35. The molecule has 1 unspecified atom stereocenters. The topological polar surface area (TPSA) is 38.0 Å². The van der Waals surface area contributed by atoms with Crippen LogP contribution in [0.5, 0.6) is 0 Å². The van der Waals surface area contributed by atoms with Gasteiger partial charge in [-0.15, -0.1) is 0 Å². The molecule has 0 amide bonds. The average Bonchev–Trinajstić information content (AvgIpc) is 2.33. The molecule has 0 saturated heterocycles. The molecule has 0 fully saturated rings. The second-order valence-electron chi connectivity index (χ2n) is 6.26. The van der Waals surface area contributed by atoms with Crippen LogP contribution < -0.4 is 11.1 Å². The Morgan fingerprint density at radius 3 is 2.21 bits per heavy atom. The molecule has 2 heteroatoms. The summed E-state index contributed by atoms with van der Waals surface area (Å²) in [7, 11) is 0. The van der Waals surface area contributed by atoms with E-state index in [0.29, 0.717) is 24.3 Å². The predicted octanol–water partition coefficient (Wildman–Crippen LogP) is 3.51. The van der Waals surface area contributed by atoms with Crippen LogP contribution in [0.3, 0.4) is 0 Å². The molecule has 3 N–H and O–H groups in total. The second kappa shape index (κ2) is 7.66. The SMILES string of the molecule is Cc1cccc(C(CN)NCC(C(C)C)C(C)C)c1. The minimum atomic E-state index is 0.264. The van der Waals surface area contributed by atoms with E-state index in [9.17, 15) is 0 Å². The zero-order valence-corrected chi connectivity index (χ0v) is 13.1. The molecule has 2 nitrogen and oxygen atoms in total. The molecule has 0 saturated carbocycles. The highest BCUT2D eigenvalue weighted by molar-refractivity contribution is 5.25. The molecule has 0 spiro atoms. The van der Waals surface area contributed by atoms with Crippen LogP contribution in [0.15, 0.2) is 24.3 Å². The molecule has 0 aliphatic carbocycles. The third-order valence-corrected chi connectivity index (χ3v) is 3.99. The van der Waals surface area contributed by atoms with E-state index in [2.05, 4.69) is 64.2 Å². The van der Waals surface area contributed by atoms with E-state index in [1.54, 1.807) is 0 Å². The van der Waals surface area contributed by atoms with Gasteiger partial charge >= 0.3 is 0 Å². The van der Waals surface area contributed by atoms with Crippen LogP contribution in [0, 0.1) is 24.7 Å². The maximum atomic E-state index is 5.93. The van der Waals surface area contributed by atoms with Gasteiger partial charge in [-0.25, -0.2) is 0 Å². The number of benzene rings is 1. The lowest BCUT2D eigenvalue weighted by molar-refractivity contribution is 0.266. The van der Waals surface area contributed by atoms with Gasteiger partial charge in [0.2, 0.25) is 0 Å². The van der Waals surface area contributed by atoms with Gasteiger partial charge in [-0.05, 0) is 36.8 Å². The smallest absolute Gasteiger partial charge is 0.0444 e. The summed E-state index contributed by atoms with van der Waals surface area (Å²) in [6.07, 6.45) is 0. The highest BCUT2D eigenvalue weighted by Gasteiger charge is 2.19. The highest BCUT2D eigenvalue weighted by atomic mass is 14.9. The van der Waals surface area contributed by atoms with E-state index in [1.807, 2.05) is 0 Å². The van der Waals surface area contributed by atoms with Gasteiger partial charge in [-0.3, -0.25) is 0 Å². The monoisotopic (exact) mass is 262 g/mol. The van der Waals surface area contributed by atoms with Crippen LogP contribution in [0.4, 0.5) is 0 Å². The summed E-state index contributed by atoms with van der Waals surface area (Å²) in [6.45, 7) is 13.0. The summed E-state index contributed by atoms with van der Waals surface area (Å²) in [5, 5.41) is 3.65. The first-order valence-electron chi connectivity index (χ1n) is 7.45. The first-order chi connectivity index (χ1) is 8.95. The number of aryl methyl sites for hydroxylation is 1. The number of hydrogen-bond donors (Lipinski definition) is 2. The summed E-state index contributed by atoms with van der Waals surface area (Å²) in [6, 6.07) is 8.89. The Kier molecular flexibility index (Phi) is 6.53. The third-order valence-electron chi connectivity index (χ3n) is 3.99. The number of nitrogens with two attached hydrogens (primary N) is 1. The van der Waals surface area contributed by atoms with Gasteiger partial charge in [-0.2, -0.15) is 0 Å². The Morgan fingerprint density at radius 1 is 1.11 bits per heavy atom. The maximum absolute atomic E-state index is 5.93. The fourth-order valence-electron chi connectivity index (χ4n) is 2.74. The normalized spacial score (nSPS) is 13.5. The van der Waals surface area contributed by atoms with E-state index in [0.717, 1.165) is 6.54 Å². The molecule has 1 aromatic rings. The second-order valence-corrected chi connectivity index (χ2v) is 6.26. The summed E-state index contributed by atoms with van der Waals surface area (Å²) in [4.78, 5) is 0. The van der Waals surface area contributed by atoms with Crippen molar-refractivity contribution in [3.8, 4) is 0 Å². The Labute approximate surface area is 118 Å². The van der Waals surface area contributed by atoms with Crippen molar-refractivity contribution in [1.29, 1.82) is 0 Å². The molecule has 0 aliphatic rings. The van der Waals surface area contributed by atoms with Crippen molar-refractivity contribution in [1.82, 2.24) is 5.32 Å². The van der Waals surface area contributed by atoms with Crippen molar-refractivity contribution in [2.24, 2.45) is 23.5 Å². The van der Waals surface area contributed by atoms with E-state index in [1.165, 1.54) is 11.1 Å². The number of rotatable bonds is 7. The standard InChI is InChI=1S/C17H30N2/c1-12(2)16(13(3)4)11-19-17(10-18)15-8-6-7-14(5)9-15/h6-9,12-13,16-17,19H,10-11,18H2,1-5H3. The van der Waals surface area contributed by atoms with Crippen LogP contribution in [0.25, 0.3) is 0 Å². The van der Waals surface area contributed by atoms with Gasteiger partial charge in [0.1, 0.15) is 0 Å². The van der Waals surface area contributed by atoms with Gasteiger partial charge < -0.3 is 11.1 Å². The Balaban J connectivity index is 2.67. The van der Waals surface area contributed by atoms with Gasteiger partial charge in [0.25, 0.3) is 0 Å². The van der Waals surface area contributed by atoms with Gasteiger partial charge in [0.05, 0.1) is 0 Å². The van der Waals surface area contributed by atoms with Crippen LogP contribution in [-0.4, -0.2) is 13.1 Å². The van der Waals surface area contributed by atoms with Crippen molar-refractivity contribution in [2.45, 2.75) is 40.7 Å². The lowest BCUT2D eigenvalue weighted by atomic mass is 9.85. The Hall–Kier alpha value is -0.860. The fraction of sp³-hybridized carbons (Fsp3) is 0.647. The molecule has 1 atom stereocenters. The van der Waals surface area contributed by atoms with Crippen molar-refractivity contribution in [3.05, 3.63) is 35.4 Å². The molecule has 0 bridgehead atoms. The third kappa shape index (κ3) is 4.96. The van der Waals surface area contributed by atoms with Crippen molar-refractivity contribution >= 4 is 0 Å². The zero-order valence-electron chi connectivity index (χ0n) is 13.1. The van der Waals surface area contributed by atoms with Crippen molar-refractivity contribution in [3.63, 3.8) is 0 Å². The lowest BCUT2D eigenvalue weighted by Gasteiger charge is -2.28. The van der Waals surface area contributed by atoms with Gasteiger partial charge in [0.15, 0.2) is 0 Å². The quantitative estimate of drug-likeness (QED) is 0.789. The predicted molar refractivity (Wildman–Crippen MR) is 84.1 cm³/mol. The zero-order chi connectivity index (χ0) is 14.4. The molecule has 19 heavy (non-hydrogen) atoms. The Bertz CT molecular complexity index is 363. The van der Waals surface area contributed by atoms with E-state index < -0.39 is 0 Å². The minimum absolute atomic E-state index is 0.264. The maximum Gasteiger partial charge on any atom is 0.0444 e. The summed E-state index contributed by atoms with van der Waals surface area (Å²) in [5.74, 6) is 2.09. The molecule has 0 aliphatic heterocycles. The van der Waals surface area contributed by atoms with Gasteiger partial charge in [0, 0.05) is 12.6 Å². The van der Waals surface area contributed by atoms with Gasteiger partial charge in [-0.1, -0.05) is 57.5 Å². The van der Waals surface area contributed by atoms with Crippen LogP contribution in [-0.2, 0) is 0 Å². The molecule has 1 aromatic carbocycles. The van der Waals surface area contributed by atoms with E-state index in [4.69, 9.17) is 5.73 Å². The summed E-state index contributed by atoms with van der Waals surface area (Å²) < 4.78 is 0. The molecular formula is C17H30N2. The molecule has 0 heterocycles. The molecule has 0 radical (unpaired) electrons. The van der Waals surface area contributed by atoms with Crippen molar-refractivity contribution in [2.75, 3.05) is 13.1 Å². The average molecular weight is 262 g/mol. The largest absolute Gasteiger partial charge is 0.329 e. The number of nitrogens with one attached hydrogen (secondary N) is 1. The summed E-state index contributed by atoms with van der Waals surface area (Å²) in [5.41, 5.74) is 8.52. The molecular weight excluding hydrogens is 232 g/mol. The molecule has 0 aromatic heterocycles. The molecule has 108 valence electrons. The van der Waals surface area contributed by atoms with Crippen LogP contribution in [0.1, 0.15) is 44.9 Å². The van der Waals surface area contributed by atoms with E-state index in [-0.39, 0.29) is 6.04 Å². The minimum Gasteiger partial charge on any atom is -0.329 e. The first kappa shape index (κ1) is 16.2. The van der Waals surface area contributed by atoms with Crippen LogP contribution >= 0.6 is 0 Å². The van der Waals surface area contributed by atoms with E-state index >= 15 is 0 Å².